The van der Waals surface area contributed by atoms with Gasteiger partial charge in [-0.25, -0.2) is 0 Å². The van der Waals surface area contributed by atoms with Crippen LogP contribution in [0, 0.1) is 11.3 Å². The fourth-order valence-electron chi connectivity index (χ4n) is 1.53. The van der Waals surface area contributed by atoms with E-state index in [2.05, 4.69) is 16.7 Å². The Morgan fingerprint density at radius 2 is 2.22 bits per heavy atom. The molecule has 2 N–H and O–H groups in total. The van der Waals surface area contributed by atoms with Gasteiger partial charge >= 0.3 is 0 Å². The van der Waals surface area contributed by atoms with Crippen LogP contribution >= 0.6 is 11.6 Å². The summed E-state index contributed by atoms with van der Waals surface area (Å²) in [7, 11) is 0. The zero-order valence-electron chi connectivity index (χ0n) is 9.37. The lowest BCUT2D eigenvalue weighted by Crippen LogP contribution is -2.35. The van der Waals surface area contributed by atoms with Crippen molar-refractivity contribution < 1.29 is 9.59 Å². The van der Waals surface area contributed by atoms with Crippen molar-refractivity contribution in [2.75, 3.05) is 5.32 Å². The van der Waals surface area contributed by atoms with E-state index in [-0.39, 0.29) is 10.6 Å². The number of benzene rings is 1. The number of carbonyl (C=O) groups excluding carboxylic acids is 2. The molecule has 1 saturated carbocycles. The first-order chi connectivity index (χ1) is 8.60. The van der Waals surface area contributed by atoms with Crippen molar-refractivity contribution in [2.24, 2.45) is 0 Å². The van der Waals surface area contributed by atoms with Crippen LogP contribution in [0.25, 0.3) is 0 Å². The second-order valence-electron chi connectivity index (χ2n) is 4.10. The van der Waals surface area contributed by atoms with Gasteiger partial charge in [0.2, 0.25) is 6.41 Å². The third-order valence-corrected chi connectivity index (χ3v) is 3.08. The first kappa shape index (κ1) is 12.4. The van der Waals surface area contributed by atoms with Crippen LogP contribution in [0.1, 0.15) is 23.2 Å². The van der Waals surface area contributed by atoms with Crippen molar-refractivity contribution in [3.05, 3.63) is 28.8 Å². The molecule has 0 radical (unpaired) electrons. The van der Waals surface area contributed by atoms with Gasteiger partial charge in [0.1, 0.15) is 5.54 Å². The molecule has 5 nitrogen and oxygen atoms in total. The smallest absolute Gasteiger partial charge is 0.254 e. The number of nitrogens with zero attached hydrogens (tertiary/aromatic N) is 1. The van der Waals surface area contributed by atoms with Crippen molar-refractivity contribution >= 4 is 29.6 Å². The number of rotatable bonds is 4. The van der Waals surface area contributed by atoms with Gasteiger partial charge in [-0.3, -0.25) is 9.59 Å². The fraction of sp³-hybridized carbons (Fsp3) is 0.250. The Kier molecular flexibility index (Phi) is 3.21. The van der Waals surface area contributed by atoms with Gasteiger partial charge in [-0.15, -0.1) is 0 Å². The summed E-state index contributed by atoms with van der Waals surface area (Å²) in [6, 6.07) is 6.65. The molecule has 18 heavy (non-hydrogen) atoms. The lowest BCUT2D eigenvalue weighted by atomic mass is 10.1. The molecule has 0 unspecified atom stereocenters. The quantitative estimate of drug-likeness (QED) is 0.811. The predicted molar refractivity (Wildman–Crippen MR) is 66.2 cm³/mol. The minimum atomic E-state index is -0.742. The summed E-state index contributed by atoms with van der Waals surface area (Å²) in [5, 5.41) is 14.3. The third kappa shape index (κ3) is 2.44. The monoisotopic (exact) mass is 263 g/mol. The van der Waals surface area contributed by atoms with Gasteiger partial charge in [0.15, 0.2) is 0 Å². The molecule has 2 rings (SSSR count). The molecule has 0 aliphatic heterocycles. The molecular formula is C12H10ClN3O2. The van der Waals surface area contributed by atoms with Crippen LogP contribution in [-0.2, 0) is 4.79 Å². The zero-order chi connectivity index (χ0) is 13.2. The number of anilines is 1. The molecule has 2 amide bonds. The van der Waals surface area contributed by atoms with Gasteiger partial charge in [-0.05, 0) is 31.0 Å². The van der Waals surface area contributed by atoms with Crippen molar-refractivity contribution in [1.29, 1.82) is 5.26 Å². The second kappa shape index (κ2) is 4.67. The van der Waals surface area contributed by atoms with Crippen LogP contribution in [0.4, 0.5) is 5.69 Å². The van der Waals surface area contributed by atoms with E-state index in [1.54, 1.807) is 6.07 Å². The standard InChI is InChI=1S/C12H10ClN3O2/c13-10-2-1-8(15-7-17)5-9(10)11(18)16-12(6-14)3-4-12/h1-2,5,7H,3-4H2,(H,15,17)(H,16,18). The van der Waals surface area contributed by atoms with E-state index in [4.69, 9.17) is 16.9 Å². The molecule has 0 heterocycles. The van der Waals surface area contributed by atoms with E-state index in [0.29, 0.717) is 24.9 Å². The van der Waals surface area contributed by atoms with Crippen LogP contribution in [-0.4, -0.2) is 17.9 Å². The summed E-state index contributed by atoms with van der Waals surface area (Å²) in [6.07, 6.45) is 1.82. The lowest BCUT2D eigenvalue weighted by Gasteiger charge is -2.11. The average molecular weight is 264 g/mol. The van der Waals surface area contributed by atoms with E-state index in [9.17, 15) is 9.59 Å². The number of hydrogen-bond donors (Lipinski definition) is 2. The van der Waals surface area contributed by atoms with Crippen molar-refractivity contribution in [3.8, 4) is 6.07 Å². The first-order valence-corrected chi connectivity index (χ1v) is 5.71. The van der Waals surface area contributed by atoms with Gasteiger partial charge in [0.25, 0.3) is 5.91 Å². The maximum absolute atomic E-state index is 12.0. The summed E-state index contributed by atoms with van der Waals surface area (Å²) in [6.45, 7) is 0. The number of nitrogens with one attached hydrogen (secondary N) is 2. The molecule has 1 aliphatic carbocycles. The summed E-state index contributed by atoms with van der Waals surface area (Å²) >= 11 is 5.92. The molecule has 0 saturated heterocycles. The molecule has 1 fully saturated rings. The molecule has 1 aromatic carbocycles. The Balaban J connectivity index is 2.21. The van der Waals surface area contributed by atoms with E-state index in [1.165, 1.54) is 12.1 Å². The number of hydrogen-bond acceptors (Lipinski definition) is 3. The molecule has 1 aromatic rings. The summed E-state index contributed by atoms with van der Waals surface area (Å²) in [4.78, 5) is 22.3. The number of nitriles is 1. The molecular weight excluding hydrogens is 254 g/mol. The largest absolute Gasteiger partial charge is 0.334 e. The highest BCUT2D eigenvalue weighted by Gasteiger charge is 2.44. The lowest BCUT2D eigenvalue weighted by molar-refractivity contribution is -0.105. The molecule has 92 valence electrons. The predicted octanol–water partition coefficient (Wildman–Crippen LogP) is 1.69. The maximum atomic E-state index is 12.0. The Labute approximate surface area is 109 Å². The highest BCUT2D eigenvalue weighted by molar-refractivity contribution is 6.34. The van der Waals surface area contributed by atoms with E-state index in [0.717, 1.165) is 0 Å². The Morgan fingerprint density at radius 1 is 1.50 bits per heavy atom. The number of amides is 2. The van der Waals surface area contributed by atoms with Crippen molar-refractivity contribution in [1.82, 2.24) is 5.32 Å². The summed E-state index contributed by atoms with van der Waals surface area (Å²) in [5.41, 5.74) is -0.0273. The van der Waals surface area contributed by atoms with Gasteiger partial charge in [-0.1, -0.05) is 11.6 Å². The summed E-state index contributed by atoms with van der Waals surface area (Å²) in [5.74, 6) is -0.409. The number of halogens is 1. The average Bonchev–Trinajstić information content (AvgIpc) is 3.12. The highest BCUT2D eigenvalue weighted by Crippen LogP contribution is 2.35. The third-order valence-electron chi connectivity index (χ3n) is 2.75. The summed E-state index contributed by atoms with van der Waals surface area (Å²) < 4.78 is 0. The van der Waals surface area contributed by atoms with Gasteiger partial charge in [0.05, 0.1) is 16.7 Å². The minimum absolute atomic E-state index is 0.241. The molecule has 0 bridgehead atoms. The molecule has 0 spiro atoms. The van der Waals surface area contributed by atoms with E-state index >= 15 is 0 Å². The van der Waals surface area contributed by atoms with Crippen LogP contribution in [0.15, 0.2) is 18.2 Å². The van der Waals surface area contributed by atoms with E-state index in [1.807, 2.05) is 0 Å². The van der Waals surface area contributed by atoms with Crippen molar-refractivity contribution in [2.45, 2.75) is 18.4 Å². The number of carbonyl (C=O) groups is 2. The second-order valence-corrected chi connectivity index (χ2v) is 4.51. The zero-order valence-corrected chi connectivity index (χ0v) is 10.1. The Hall–Kier alpha value is -2.06. The normalized spacial score (nSPS) is 15.3. The Bertz CT molecular complexity index is 547. The van der Waals surface area contributed by atoms with Gasteiger partial charge < -0.3 is 10.6 Å². The van der Waals surface area contributed by atoms with Crippen LogP contribution in [0.2, 0.25) is 5.02 Å². The molecule has 0 atom stereocenters. The highest BCUT2D eigenvalue weighted by atomic mass is 35.5. The molecule has 6 heteroatoms. The van der Waals surface area contributed by atoms with Crippen molar-refractivity contribution in [3.63, 3.8) is 0 Å². The van der Waals surface area contributed by atoms with Crippen LogP contribution in [0.3, 0.4) is 0 Å². The van der Waals surface area contributed by atoms with E-state index < -0.39 is 11.4 Å². The maximum Gasteiger partial charge on any atom is 0.254 e. The van der Waals surface area contributed by atoms with Crippen LogP contribution < -0.4 is 10.6 Å². The SMILES string of the molecule is N#CC1(NC(=O)c2cc(NC=O)ccc2Cl)CC1. The molecule has 0 aromatic heterocycles. The first-order valence-electron chi connectivity index (χ1n) is 5.34. The minimum Gasteiger partial charge on any atom is -0.334 e. The van der Waals surface area contributed by atoms with Gasteiger partial charge in [0, 0.05) is 5.69 Å². The van der Waals surface area contributed by atoms with Crippen LogP contribution in [0.5, 0.6) is 0 Å². The molecule has 1 aliphatic rings. The Morgan fingerprint density at radius 3 is 2.78 bits per heavy atom. The topological polar surface area (TPSA) is 82.0 Å². The van der Waals surface area contributed by atoms with Gasteiger partial charge in [-0.2, -0.15) is 5.26 Å². The fourth-order valence-corrected chi connectivity index (χ4v) is 1.73.